The summed E-state index contributed by atoms with van der Waals surface area (Å²) in [7, 11) is 0. The maximum absolute atomic E-state index is 9.71. The molecule has 4 heteroatoms. The van der Waals surface area contributed by atoms with Gasteiger partial charge < -0.3 is 4.74 Å². The highest BCUT2D eigenvalue weighted by molar-refractivity contribution is 7.10. The minimum atomic E-state index is 0.474. The van der Waals surface area contributed by atoms with Crippen LogP contribution in [0.3, 0.4) is 0 Å². The average Bonchev–Trinajstić information content (AvgIpc) is 2.58. The highest BCUT2D eigenvalue weighted by Crippen LogP contribution is 2.23. The number of unbranched alkanes of at least 4 members (excludes halogenated alkanes) is 2. The Morgan fingerprint density at radius 3 is 2.93 bits per heavy atom. The summed E-state index contributed by atoms with van der Waals surface area (Å²) in [5.41, 5.74) is 0. The van der Waals surface area contributed by atoms with E-state index in [2.05, 4.69) is 4.74 Å². The van der Waals surface area contributed by atoms with Crippen LogP contribution in [-0.4, -0.2) is 13.1 Å². The smallest absolute Gasteiger partial charge is 0.417 e. The van der Waals surface area contributed by atoms with E-state index in [1.54, 1.807) is 11.3 Å². The van der Waals surface area contributed by atoms with E-state index in [4.69, 9.17) is 11.6 Å². The first-order valence-corrected chi connectivity index (χ1v) is 5.81. The molecule has 1 rings (SSSR count). The molecule has 0 aliphatic carbocycles. The molecule has 0 aliphatic rings. The van der Waals surface area contributed by atoms with Crippen molar-refractivity contribution in [3.05, 3.63) is 21.3 Å². The monoisotopic (exact) mass is 231 g/mol. The Bertz CT molecular complexity index is 273. The molecule has 0 amide bonds. The summed E-state index contributed by atoms with van der Waals surface area (Å²) in [5.74, 6) is 0. The summed E-state index contributed by atoms with van der Waals surface area (Å²) in [6.45, 7) is 1.89. The van der Waals surface area contributed by atoms with Gasteiger partial charge in [0.1, 0.15) is 0 Å². The third-order valence-electron chi connectivity index (χ3n) is 1.90. The highest BCUT2D eigenvalue weighted by atomic mass is 35.5. The number of thiophene rings is 1. The van der Waals surface area contributed by atoms with E-state index in [1.165, 1.54) is 11.3 Å². The van der Waals surface area contributed by atoms with Gasteiger partial charge in [0.15, 0.2) is 0 Å². The molecule has 14 heavy (non-hydrogen) atoms. The largest absolute Gasteiger partial charge is 0.457 e. The second-order valence-corrected chi connectivity index (χ2v) is 4.34. The minimum absolute atomic E-state index is 0.474. The fraction of sp³-hybridized carbons (Fsp3) is 0.500. The lowest BCUT2D eigenvalue weighted by atomic mass is 10.2. The third-order valence-corrected chi connectivity index (χ3v) is 3.35. The summed E-state index contributed by atoms with van der Waals surface area (Å²) in [4.78, 5) is 11.0. The van der Waals surface area contributed by atoms with Crippen molar-refractivity contribution in [3.8, 4) is 0 Å². The molecule has 0 saturated heterocycles. The maximum atomic E-state index is 9.71. The second kappa shape index (κ2) is 6.85. The Hall–Kier alpha value is -0.540. The van der Waals surface area contributed by atoms with E-state index in [9.17, 15) is 4.79 Å². The van der Waals surface area contributed by atoms with Crippen molar-refractivity contribution in [2.45, 2.75) is 25.7 Å². The molecule has 2 nitrogen and oxygen atoms in total. The Balaban J connectivity index is 2.04. The predicted molar refractivity (Wildman–Crippen MR) is 58.5 cm³/mol. The normalized spacial score (nSPS) is 10.1. The number of ether oxygens (including phenoxy) is 1. The SMILES string of the molecule is O=[C]OCCCCCc1sccc1Cl. The van der Waals surface area contributed by atoms with Gasteiger partial charge in [-0.05, 0) is 37.1 Å². The number of halogens is 1. The van der Waals surface area contributed by atoms with Crippen LogP contribution in [0.2, 0.25) is 5.02 Å². The van der Waals surface area contributed by atoms with Gasteiger partial charge in [0.2, 0.25) is 0 Å². The summed E-state index contributed by atoms with van der Waals surface area (Å²) in [6.07, 6.45) is 4.05. The first-order chi connectivity index (χ1) is 6.84. The molecular weight excluding hydrogens is 220 g/mol. The quantitative estimate of drug-likeness (QED) is 0.674. The molecule has 0 spiro atoms. The van der Waals surface area contributed by atoms with E-state index in [0.717, 1.165) is 30.7 Å². The lowest BCUT2D eigenvalue weighted by Crippen LogP contribution is -1.92. The van der Waals surface area contributed by atoms with E-state index in [0.29, 0.717) is 6.61 Å². The zero-order chi connectivity index (χ0) is 10.2. The Labute approximate surface area is 92.8 Å². The summed E-state index contributed by atoms with van der Waals surface area (Å²) < 4.78 is 4.47. The molecule has 0 unspecified atom stereocenters. The number of hydrogen-bond donors (Lipinski definition) is 0. The standard InChI is InChI=1S/C10H12ClO2S/c11-9-5-7-14-10(9)4-2-1-3-6-13-8-12/h5,7H,1-4,6H2. The molecule has 77 valence electrons. The van der Waals surface area contributed by atoms with Crippen LogP contribution in [0, 0.1) is 0 Å². The van der Waals surface area contributed by atoms with Crippen molar-refractivity contribution in [2.24, 2.45) is 0 Å². The number of carbonyl (C=O) groups excluding carboxylic acids is 1. The highest BCUT2D eigenvalue weighted by Gasteiger charge is 2.00. The molecule has 1 radical (unpaired) electrons. The van der Waals surface area contributed by atoms with Crippen molar-refractivity contribution < 1.29 is 9.53 Å². The van der Waals surface area contributed by atoms with E-state index in [-0.39, 0.29) is 0 Å². The van der Waals surface area contributed by atoms with Crippen LogP contribution in [0.25, 0.3) is 0 Å². The molecule has 0 aliphatic heterocycles. The third kappa shape index (κ3) is 4.11. The molecule has 0 saturated carbocycles. The zero-order valence-corrected chi connectivity index (χ0v) is 9.37. The van der Waals surface area contributed by atoms with Gasteiger partial charge in [0, 0.05) is 4.88 Å². The molecule has 0 bridgehead atoms. The molecule has 0 aromatic carbocycles. The number of hydrogen-bond acceptors (Lipinski definition) is 3. The van der Waals surface area contributed by atoms with Gasteiger partial charge in [-0.15, -0.1) is 11.3 Å². The summed E-state index contributed by atoms with van der Waals surface area (Å²) in [6, 6.07) is 1.92. The topological polar surface area (TPSA) is 26.3 Å². The fourth-order valence-electron chi connectivity index (χ4n) is 1.18. The first kappa shape index (κ1) is 11.5. The van der Waals surface area contributed by atoms with Crippen molar-refractivity contribution in [2.75, 3.05) is 6.61 Å². The van der Waals surface area contributed by atoms with Gasteiger partial charge in [-0.2, -0.15) is 0 Å². The van der Waals surface area contributed by atoms with Gasteiger partial charge >= 0.3 is 6.47 Å². The van der Waals surface area contributed by atoms with Gasteiger partial charge in [-0.1, -0.05) is 11.6 Å². The molecule has 0 N–H and O–H groups in total. The van der Waals surface area contributed by atoms with Gasteiger partial charge in [0.05, 0.1) is 11.6 Å². The first-order valence-electron chi connectivity index (χ1n) is 4.55. The molecule has 0 fully saturated rings. The molecule has 1 aromatic rings. The minimum Gasteiger partial charge on any atom is -0.457 e. The summed E-state index contributed by atoms with van der Waals surface area (Å²) >= 11 is 7.63. The number of rotatable bonds is 7. The lowest BCUT2D eigenvalue weighted by molar-refractivity contribution is 0.269. The van der Waals surface area contributed by atoms with Crippen LogP contribution in [0.4, 0.5) is 0 Å². The van der Waals surface area contributed by atoms with Crippen molar-refractivity contribution in [1.29, 1.82) is 0 Å². The second-order valence-electron chi connectivity index (χ2n) is 2.93. The maximum Gasteiger partial charge on any atom is 0.417 e. The van der Waals surface area contributed by atoms with Crippen LogP contribution in [-0.2, 0) is 16.0 Å². The number of aryl methyl sites for hydroxylation is 1. The zero-order valence-electron chi connectivity index (χ0n) is 7.79. The molecule has 1 heterocycles. The van der Waals surface area contributed by atoms with Crippen LogP contribution in [0.1, 0.15) is 24.1 Å². The summed E-state index contributed by atoms with van der Waals surface area (Å²) in [5, 5.41) is 2.87. The van der Waals surface area contributed by atoms with Crippen LogP contribution in [0.5, 0.6) is 0 Å². The molecule has 1 aromatic heterocycles. The average molecular weight is 232 g/mol. The van der Waals surface area contributed by atoms with Gasteiger partial charge in [-0.3, -0.25) is 0 Å². The van der Waals surface area contributed by atoms with Crippen LogP contribution < -0.4 is 0 Å². The van der Waals surface area contributed by atoms with Gasteiger partial charge in [-0.25, -0.2) is 4.79 Å². The molecule has 0 atom stereocenters. The van der Waals surface area contributed by atoms with E-state index < -0.39 is 0 Å². The van der Waals surface area contributed by atoms with E-state index >= 15 is 0 Å². The Morgan fingerprint density at radius 2 is 2.29 bits per heavy atom. The van der Waals surface area contributed by atoms with Crippen LogP contribution in [0.15, 0.2) is 11.4 Å². The predicted octanol–water partition coefficient (Wildman–Crippen LogP) is 3.20. The lowest BCUT2D eigenvalue weighted by Gasteiger charge is -1.99. The Morgan fingerprint density at radius 1 is 1.43 bits per heavy atom. The fourth-order valence-corrected chi connectivity index (χ4v) is 2.36. The Kier molecular flexibility index (Phi) is 5.64. The molecular formula is C10H12ClO2S. The van der Waals surface area contributed by atoms with Crippen molar-refractivity contribution in [1.82, 2.24) is 0 Å². The van der Waals surface area contributed by atoms with Crippen molar-refractivity contribution in [3.63, 3.8) is 0 Å². The van der Waals surface area contributed by atoms with E-state index in [1.807, 2.05) is 11.4 Å². The van der Waals surface area contributed by atoms with Crippen molar-refractivity contribution >= 4 is 29.4 Å². The van der Waals surface area contributed by atoms with Gasteiger partial charge in [0.25, 0.3) is 0 Å². The van der Waals surface area contributed by atoms with Crippen LogP contribution >= 0.6 is 22.9 Å².